The van der Waals surface area contributed by atoms with E-state index in [0.29, 0.717) is 0 Å². The third-order valence-electron chi connectivity index (χ3n) is 1.41. The normalized spacial score (nSPS) is 9.70. The van der Waals surface area contributed by atoms with Crippen molar-refractivity contribution in [2.75, 3.05) is 5.73 Å². The molecule has 1 radical (unpaired) electrons. The lowest BCUT2D eigenvalue weighted by Gasteiger charge is -1.97. The zero-order chi connectivity index (χ0) is 7.40. The number of hydrogen-bond acceptors (Lipinski definition) is 1. The molecule has 0 amide bonds. The summed E-state index contributed by atoms with van der Waals surface area (Å²) in [4.78, 5) is 0. The van der Waals surface area contributed by atoms with Gasteiger partial charge in [-0.1, -0.05) is 19.4 Å². The van der Waals surface area contributed by atoms with Crippen LogP contribution in [0.3, 0.4) is 0 Å². The molecule has 1 aromatic rings. The summed E-state index contributed by atoms with van der Waals surface area (Å²) in [6, 6.07) is 8.77. The molecule has 1 nitrogen and oxygen atoms in total. The lowest BCUT2D eigenvalue weighted by atomic mass is 10.1. The molecule has 1 rings (SSSR count). The summed E-state index contributed by atoms with van der Waals surface area (Å²) in [6.07, 6.45) is 2.26. The number of nitrogen functional groups attached to an aromatic ring is 1. The van der Waals surface area contributed by atoms with E-state index in [2.05, 4.69) is 13.0 Å². The Morgan fingerprint density at radius 1 is 1.50 bits per heavy atom. The van der Waals surface area contributed by atoms with E-state index in [1.165, 1.54) is 5.56 Å². The summed E-state index contributed by atoms with van der Waals surface area (Å²) in [5.74, 6) is 0. The quantitative estimate of drug-likeness (QED) is 0.615. The summed E-state index contributed by atoms with van der Waals surface area (Å²) in [7, 11) is 0. The highest BCUT2D eigenvalue weighted by Gasteiger charge is 1.89. The Morgan fingerprint density at radius 2 is 2.30 bits per heavy atom. The average molecular weight is 134 g/mol. The van der Waals surface area contributed by atoms with Crippen LogP contribution in [-0.2, 0) is 6.42 Å². The molecule has 0 aliphatic heterocycles. The smallest absolute Gasteiger partial charge is 0.0322 e. The average Bonchev–Trinajstić information content (AvgIpc) is 1.88. The molecule has 2 N–H and O–H groups in total. The van der Waals surface area contributed by atoms with Crippen LogP contribution in [0.5, 0.6) is 0 Å². The molecule has 0 bridgehead atoms. The molecule has 0 aliphatic carbocycles. The van der Waals surface area contributed by atoms with Crippen molar-refractivity contribution in [2.45, 2.75) is 19.8 Å². The maximum absolute atomic E-state index is 5.56. The van der Waals surface area contributed by atoms with Crippen molar-refractivity contribution in [3.05, 3.63) is 29.8 Å². The van der Waals surface area contributed by atoms with Gasteiger partial charge in [-0.25, -0.2) is 0 Å². The van der Waals surface area contributed by atoms with Gasteiger partial charge >= 0.3 is 0 Å². The van der Waals surface area contributed by atoms with Crippen LogP contribution < -0.4 is 5.73 Å². The van der Waals surface area contributed by atoms with Crippen molar-refractivity contribution >= 4 is 5.69 Å². The number of rotatable bonds is 2. The van der Waals surface area contributed by atoms with Gasteiger partial charge in [-0.15, -0.1) is 0 Å². The van der Waals surface area contributed by atoms with Gasteiger partial charge < -0.3 is 5.73 Å². The second-order valence-corrected chi connectivity index (χ2v) is 2.42. The van der Waals surface area contributed by atoms with Gasteiger partial charge in [-0.2, -0.15) is 0 Å². The van der Waals surface area contributed by atoms with Crippen molar-refractivity contribution in [1.29, 1.82) is 0 Å². The van der Waals surface area contributed by atoms with Crippen LogP contribution in [0.25, 0.3) is 0 Å². The molecule has 0 aromatic heterocycles. The van der Waals surface area contributed by atoms with Crippen LogP contribution in [-0.4, -0.2) is 0 Å². The molecule has 1 aromatic carbocycles. The molecular weight excluding hydrogens is 122 g/mol. The first-order chi connectivity index (χ1) is 4.83. The summed E-state index contributed by atoms with van der Waals surface area (Å²) in [5, 5.41) is 0. The Morgan fingerprint density at radius 3 is 2.90 bits per heavy atom. The van der Waals surface area contributed by atoms with Gasteiger partial charge in [0.05, 0.1) is 0 Å². The van der Waals surface area contributed by atoms with Crippen molar-refractivity contribution in [3.63, 3.8) is 0 Å². The van der Waals surface area contributed by atoms with E-state index < -0.39 is 0 Å². The number of benzene rings is 1. The lowest BCUT2D eigenvalue weighted by Crippen LogP contribution is -1.87. The summed E-state index contributed by atoms with van der Waals surface area (Å²) >= 11 is 0. The Kier molecular flexibility index (Phi) is 2.32. The van der Waals surface area contributed by atoms with Crippen LogP contribution in [0, 0.1) is 6.07 Å². The standard InChI is InChI=1S/C9H12N/c1-2-4-8-5-3-6-9(10)7-8/h5-7H,2,4,10H2,1H3. The summed E-state index contributed by atoms with van der Waals surface area (Å²) in [6.45, 7) is 2.16. The number of nitrogens with two attached hydrogens (primary N) is 1. The van der Waals surface area contributed by atoms with Gasteiger partial charge in [0.25, 0.3) is 0 Å². The molecule has 0 saturated heterocycles. The third-order valence-corrected chi connectivity index (χ3v) is 1.41. The van der Waals surface area contributed by atoms with Gasteiger partial charge in [0.15, 0.2) is 0 Å². The molecule has 0 atom stereocenters. The first-order valence-corrected chi connectivity index (χ1v) is 3.58. The molecule has 0 unspecified atom stereocenters. The number of hydrogen-bond donors (Lipinski definition) is 1. The molecule has 1 heteroatoms. The van der Waals surface area contributed by atoms with Crippen molar-refractivity contribution < 1.29 is 0 Å². The maximum atomic E-state index is 5.56. The molecule has 0 heterocycles. The first kappa shape index (κ1) is 7.13. The van der Waals surface area contributed by atoms with Crippen LogP contribution in [0.4, 0.5) is 5.69 Å². The minimum Gasteiger partial charge on any atom is -0.399 e. The van der Waals surface area contributed by atoms with E-state index in [9.17, 15) is 0 Å². The van der Waals surface area contributed by atoms with Gasteiger partial charge in [0.1, 0.15) is 0 Å². The fourth-order valence-electron chi connectivity index (χ4n) is 0.975. The maximum Gasteiger partial charge on any atom is 0.0322 e. The van der Waals surface area contributed by atoms with E-state index >= 15 is 0 Å². The summed E-state index contributed by atoms with van der Waals surface area (Å²) < 4.78 is 0. The Balaban J connectivity index is 2.75. The highest BCUT2D eigenvalue weighted by molar-refractivity contribution is 5.39. The lowest BCUT2D eigenvalue weighted by molar-refractivity contribution is 0.922. The molecule has 0 spiro atoms. The first-order valence-electron chi connectivity index (χ1n) is 3.58. The molecule has 10 heavy (non-hydrogen) atoms. The van der Waals surface area contributed by atoms with Crippen LogP contribution in [0.1, 0.15) is 18.9 Å². The molecule has 53 valence electrons. The van der Waals surface area contributed by atoms with E-state index in [-0.39, 0.29) is 0 Å². The van der Waals surface area contributed by atoms with Gasteiger partial charge in [0, 0.05) is 5.69 Å². The largest absolute Gasteiger partial charge is 0.399 e. The van der Waals surface area contributed by atoms with E-state index in [0.717, 1.165) is 18.5 Å². The Bertz CT molecular complexity index is 206. The fraction of sp³-hybridized carbons (Fsp3) is 0.333. The van der Waals surface area contributed by atoms with Gasteiger partial charge in [-0.3, -0.25) is 0 Å². The monoisotopic (exact) mass is 134 g/mol. The van der Waals surface area contributed by atoms with Crippen LogP contribution >= 0.6 is 0 Å². The molecule has 0 saturated carbocycles. The highest BCUT2D eigenvalue weighted by atomic mass is 14.5. The zero-order valence-corrected chi connectivity index (χ0v) is 6.22. The molecule has 0 fully saturated rings. The molecular formula is C9H12N. The van der Waals surface area contributed by atoms with Crippen molar-refractivity contribution in [3.8, 4) is 0 Å². The summed E-state index contributed by atoms with van der Waals surface area (Å²) in [5.41, 5.74) is 7.65. The van der Waals surface area contributed by atoms with Crippen LogP contribution in [0.2, 0.25) is 0 Å². The Labute approximate surface area is 61.9 Å². The fourth-order valence-corrected chi connectivity index (χ4v) is 0.975. The minimum absolute atomic E-state index is 0.811. The highest BCUT2D eigenvalue weighted by Crippen LogP contribution is 2.07. The predicted molar refractivity (Wildman–Crippen MR) is 43.7 cm³/mol. The molecule has 0 aliphatic rings. The van der Waals surface area contributed by atoms with E-state index in [1.807, 2.05) is 12.1 Å². The second-order valence-electron chi connectivity index (χ2n) is 2.42. The number of aryl methyl sites for hydroxylation is 1. The SMILES string of the molecule is CCCc1c[c]cc(N)c1. The van der Waals surface area contributed by atoms with Crippen LogP contribution in [0.15, 0.2) is 18.2 Å². The topological polar surface area (TPSA) is 26.0 Å². The minimum atomic E-state index is 0.811. The van der Waals surface area contributed by atoms with Crippen molar-refractivity contribution in [1.82, 2.24) is 0 Å². The second kappa shape index (κ2) is 3.25. The van der Waals surface area contributed by atoms with Crippen molar-refractivity contribution in [2.24, 2.45) is 0 Å². The third kappa shape index (κ3) is 1.76. The zero-order valence-electron chi connectivity index (χ0n) is 6.22. The Hall–Kier alpha value is -0.980. The van der Waals surface area contributed by atoms with E-state index in [4.69, 9.17) is 5.73 Å². The predicted octanol–water partition coefficient (Wildman–Crippen LogP) is 2.02. The van der Waals surface area contributed by atoms with Gasteiger partial charge in [0.2, 0.25) is 0 Å². The number of anilines is 1. The van der Waals surface area contributed by atoms with Gasteiger partial charge in [-0.05, 0) is 30.2 Å². The van der Waals surface area contributed by atoms with E-state index in [1.54, 1.807) is 6.07 Å².